The second-order valence-electron chi connectivity index (χ2n) is 26.8. The van der Waals surface area contributed by atoms with Crippen molar-refractivity contribution in [3.05, 3.63) is 0 Å². The van der Waals surface area contributed by atoms with Gasteiger partial charge < -0.3 is 50.6 Å². The van der Waals surface area contributed by atoms with E-state index in [1.54, 1.807) is 0 Å². The lowest BCUT2D eigenvalue weighted by atomic mass is 9.79. The van der Waals surface area contributed by atoms with Crippen molar-refractivity contribution in [2.75, 3.05) is 6.61 Å². The van der Waals surface area contributed by atoms with E-state index in [9.17, 15) is 0 Å². The Labute approximate surface area is 485 Å². The fourth-order valence-corrected chi connectivity index (χ4v) is 30.3. The van der Waals surface area contributed by atoms with E-state index in [-0.39, 0.29) is 85.3 Å². The van der Waals surface area contributed by atoms with Gasteiger partial charge in [0.15, 0.2) is 41.6 Å². The van der Waals surface area contributed by atoms with Crippen molar-refractivity contribution in [1.29, 1.82) is 0 Å². The van der Waals surface area contributed by atoms with E-state index in [1.807, 2.05) is 0 Å². The van der Waals surface area contributed by atoms with Gasteiger partial charge in [0.1, 0.15) is 12.2 Å². The Morgan fingerprint density at radius 2 is 0.936 bits per heavy atom. The Morgan fingerprint density at radius 1 is 0.449 bits per heavy atom. The van der Waals surface area contributed by atoms with Crippen LogP contribution in [0.2, 0.25) is 90.7 Å². The van der Waals surface area contributed by atoms with Gasteiger partial charge >= 0.3 is 0 Å². The molecule has 78 heavy (non-hydrogen) atoms. The zero-order valence-corrected chi connectivity index (χ0v) is 59.3. The molecule has 11 nitrogen and oxygen atoms in total. The summed E-state index contributed by atoms with van der Waals surface area (Å²) in [5, 5.41) is 0. The molecule has 6 fully saturated rings. The predicted octanol–water partition coefficient (Wildman–Crippen LogP) is 16.5. The molecular weight excluding hydrogens is 1060 g/mol. The van der Waals surface area contributed by atoms with Crippen molar-refractivity contribution in [2.24, 2.45) is 5.92 Å². The van der Waals surface area contributed by atoms with Gasteiger partial charge in [-0.05, 0) is 150 Å². The Bertz CT molecular complexity index is 1760. The van der Waals surface area contributed by atoms with E-state index in [4.69, 9.17) is 50.6 Å². The van der Waals surface area contributed by atoms with Crippen LogP contribution in [0, 0.1) is 5.92 Å². The van der Waals surface area contributed by atoms with E-state index in [0.29, 0.717) is 6.42 Å². The van der Waals surface area contributed by atoms with E-state index >= 15 is 0 Å². The third-order valence-electron chi connectivity index (χ3n) is 23.3. The lowest BCUT2D eigenvalue weighted by molar-refractivity contribution is -0.310. The van der Waals surface area contributed by atoms with E-state index < -0.39 is 58.4 Å². The Morgan fingerprint density at radius 3 is 1.47 bits per heavy atom. The van der Waals surface area contributed by atoms with Crippen molar-refractivity contribution in [2.45, 2.75) is 383 Å². The number of rotatable bonds is 29. The van der Waals surface area contributed by atoms with Gasteiger partial charge in [-0.3, -0.25) is 0 Å². The van der Waals surface area contributed by atoms with Crippen LogP contribution in [0.15, 0.2) is 0 Å². The first kappa shape index (κ1) is 67.8. The zero-order valence-electron chi connectivity index (χ0n) is 54.3. The average Bonchev–Trinajstić information content (AvgIpc) is 3.76. The summed E-state index contributed by atoms with van der Waals surface area (Å²) >= 11 is 0. The molecule has 16 heteroatoms. The molecule has 0 bridgehead atoms. The largest absolute Gasteiger partial charge is 0.417 e. The highest BCUT2D eigenvalue weighted by atomic mass is 28.4. The number of fused-ring (bicyclic) bond motifs is 4. The molecule has 0 aliphatic carbocycles. The summed E-state index contributed by atoms with van der Waals surface area (Å²) in [6, 6.07) is 16.6. The van der Waals surface area contributed by atoms with Crippen LogP contribution in [0.4, 0.5) is 0 Å². The molecule has 6 rings (SSSR count). The molecule has 0 aromatic heterocycles. The molecule has 0 saturated carbocycles. The molecule has 6 saturated heterocycles. The summed E-state index contributed by atoms with van der Waals surface area (Å²) in [5.74, 6) is 0.177. The quantitative estimate of drug-likeness (QED) is 0.0669. The highest BCUT2D eigenvalue weighted by Crippen LogP contribution is 2.52. The molecule has 0 aromatic carbocycles. The van der Waals surface area contributed by atoms with Crippen molar-refractivity contribution in [3.63, 3.8) is 0 Å². The van der Waals surface area contributed by atoms with E-state index in [1.165, 1.54) is 0 Å². The van der Waals surface area contributed by atoms with Crippen LogP contribution in [-0.4, -0.2) is 144 Å². The molecule has 458 valence electrons. The molecule has 0 radical (unpaired) electrons. The first-order valence-electron chi connectivity index (χ1n) is 33.4. The molecule has 6 aliphatic heterocycles. The number of hydrogen-bond donors (Lipinski definition) is 0. The number of ether oxygens (including phenoxy) is 6. The van der Waals surface area contributed by atoms with Gasteiger partial charge in [0.25, 0.3) is 0 Å². The first-order valence-corrected chi connectivity index (χ1v) is 46.0. The molecule has 6 heterocycles. The highest BCUT2D eigenvalue weighted by molar-refractivity contribution is 6.75. The van der Waals surface area contributed by atoms with Crippen molar-refractivity contribution in [1.82, 2.24) is 0 Å². The van der Waals surface area contributed by atoms with Crippen LogP contribution in [0.5, 0.6) is 0 Å². The maximum absolute atomic E-state index is 7.99. The van der Waals surface area contributed by atoms with Crippen LogP contribution in [0.25, 0.3) is 0 Å². The third-order valence-corrected chi connectivity index (χ3v) is 46.6. The molecule has 0 unspecified atom stereocenters. The maximum Gasteiger partial charge on any atom is 0.192 e. The highest BCUT2D eigenvalue weighted by Gasteiger charge is 2.61. The molecule has 0 aromatic rings. The summed E-state index contributed by atoms with van der Waals surface area (Å²) in [6.45, 7) is 47.6. The minimum atomic E-state index is -2.12. The van der Waals surface area contributed by atoms with Crippen LogP contribution in [0.1, 0.15) is 196 Å². The van der Waals surface area contributed by atoms with Gasteiger partial charge in [-0.2, -0.15) is 0 Å². The van der Waals surface area contributed by atoms with Crippen LogP contribution >= 0.6 is 0 Å². The Hall–Kier alpha value is 0.644. The molecule has 0 amide bonds. The van der Waals surface area contributed by atoms with E-state index in [0.717, 1.165) is 149 Å². The van der Waals surface area contributed by atoms with Crippen LogP contribution in [0.3, 0.4) is 0 Å². The summed E-state index contributed by atoms with van der Waals surface area (Å²) in [4.78, 5) is 0. The summed E-state index contributed by atoms with van der Waals surface area (Å²) in [6.07, 6.45) is 6.13. The minimum Gasteiger partial charge on any atom is -0.417 e. The fraction of sp³-hybridized carbons (Fsp3) is 1.00. The topological polar surface area (TPSA) is 102 Å². The monoisotopic (exact) mass is 1180 g/mol. The molecule has 6 aliphatic rings. The molecule has 0 N–H and O–H groups in total. The molecular formula is C62H124O11Si5. The lowest BCUT2D eigenvalue weighted by Gasteiger charge is -2.56. The first-order chi connectivity index (χ1) is 37.0. The van der Waals surface area contributed by atoms with Gasteiger partial charge in [0.05, 0.1) is 83.9 Å². The number of hydrogen-bond acceptors (Lipinski definition) is 11. The van der Waals surface area contributed by atoms with Gasteiger partial charge in [0.2, 0.25) is 0 Å². The summed E-state index contributed by atoms with van der Waals surface area (Å²) < 4.78 is 82.9. The second kappa shape index (κ2) is 28.4. The Kier molecular flexibility index (Phi) is 24.7. The Balaban J connectivity index is 1.35. The van der Waals surface area contributed by atoms with Gasteiger partial charge in [-0.15, -0.1) is 0 Å². The van der Waals surface area contributed by atoms with Crippen molar-refractivity contribution < 1.29 is 50.6 Å². The average molecular weight is 1190 g/mol. The SMILES string of the molecule is CC[Si](CC)(CC)OCC[C@@H]1O[C@@H]2C[C@@H]3O[C@](C)(C[C@@H]4C[C@H](O[Si](CC)(CC)CC)[C@@H]5O[C@@H]6C[C@H](O[Si](CC)(CC)CC)[C@@H](C)O[C@@]6(C)CC[C@H]5O4)[C@@H](O[Si](CC)(CC)CC)CC[C@@]3(C)O[C@H]2[C@@H](O[Si](CC)(CC)CC)[C@@H]1C. The smallest absolute Gasteiger partial charge is 0.192 e. The van der Waals surface area contributed by atoms with E-state index in [2.05, 4.69) is 138 Å². The summed E-state index contributed by atoms with van der Waals surface area (Å²) in [5.41, 5.74) is -1.65. The normalized spacial score (nSPS) is 38.2. The zero-order chi connectivity index (χ0) is 57.5. The summed E-state index contributed by atoms with van der Waals surface area (Å²) in [7, 11) is -9.90. The van der Waals surface area contributed by atoms with Gasteiger partial charge in [-0.1, -0.05) is 111 Å². The minimum absolute atomic E-state index is 0.000843. The third kappa shape index (κ3) is 14.4. The van der Waals surface area contributed by atoms with Gasteiger partial charge in [0, 0.05) is 38.2 Å². The van der Waals surface area contributed by atoms with Gasteiger partial charge in [-0.25, -0.2) is 0 Å². The molecule has 17 atom stereocenters. The van der Waals surface area contributed by atoms with Crippen LogP contribution in [-0.2, 0) is 50.6 Å². The molecule has 0 spiro atoms. The standard InChI is InChI=1S/C62H124O11Si5/c1-21-74(22-2,23-3)63-41-38-49-46(16)57(73-78(33-13,34-14)35-15)59-52(65-49)44-56-61(19,69-59)40-37-54(72-77(30-10,31-11)32-12)62(20,68-56)45-48-42-53(71-76(27-7,28-8)29-9)58-50(64-48)36-39-60(18)55(66-58)43-51(47(17)67-60)70-75(24-4,25-5)26-6/h46-59H,21-45H2,1-20H3/t46-,47-,48+,49+,50-,51+,52-,53+,54+,55-,56+,57+,58-,59-,60+,61-,62-/m1/s1. The maximum atomic E-state index is 7.99. The lowest BCUT2D eigenvalue weighted by Crippen LogP contribution is -2.66. The van der Waals surface area contributed by atoms with Crippen molar-refractivity contribution >= 4 is 41.6 Å². The van der Waals surface area contributed by atoms with Crippen molar-refractivity contribution in [3.8, 4) is 0 Å². The van der Waals surface area contributed by atoms with Crippen LogP contribution < -0.4 is 0 Å². The second-order valence-corrected chi connectivity index (χ2v) is 50.4. The predicted molar refractivity (Wildman–Crippen MR) is 334 cm³/mol. The fourth-order valence-electron chi connectivity index (χ4n) is 15.9.